The van der Waals surface area contributed by atoms with Gasteiger partial charge in [0.2, 0.25) is 0 Å². The summed E-state index contributed by atoms with van der Waals surface area (Å²) in [4.78, 5) is 10.5. The maximum atomic E-state index is 10.9. The average Bonchev–Trinajstić information content (AvgIpc) is 2.40. The van der Waals surface area contributed by atoms with E-state index in [9.17, 15) is 13.2 Å². The number of rotatable bonds is 8. The van der Waals surface area contributed by atoms with Crippen LogP contribution in [0.1, 0.15) is 0 Å². The Morgan fingerprint density at radius 2 is 1.86 bits per heavy atom. The molecule has 118 valence electrons. The second-order valence-electron chi connectivity index (χ2n) is 3.80. The van der Waals surface area contributed by atoms with Crippen LogP contribution in [0.2, 0.25) is 0 Å². The zero-order chi connectivity index (χ0) is 15.9. The third-order valence-corrected chi connectivity index (χ3v) is 2.72. The Morgan fingerprint density at radius 1 is 1.24 bits per heavy atom. The highest BCUT2D eigenvalue weighted by molar-refractivity contribution is 7.84. The Morgan fingerprint density at radius 3 is 2.38 bits per heavy atom. The van der Waals surface area contributed by atoms with Crippen LogP contribution in [-0.2, 0) is 19.2 Å². The summed E-state index contributed by atoms with van der Waals surface area (Å²) in [6.45, 7) is -0.676. The van der Waals surface area contributed by atoms with Gasteiger partial charge in [-0.3, -0.25) is 0 Å². The van der Waals surface area contributed by atoms with E-state index >= 15 is 0 Å². The van der Waals surface area contributed by atoms with Crippen LogP contribution in [-0.4, -0.2) is 40.9 Å². The van der Waals surface area contributed by atoms with Gasteiger partial charge in [0.15, 0.2) is 11.5 Å². The topological polar surface area (TPSA) is 140 Å². The van der Waals surface area contributed by atoms with Crippen molar-refractivity contribution >= 4 is 16.4 Å². The number of hydrogen-bond donors (Lipinski definition) is 2. The van der Waals surface area contributed by atoms with Crippen molar-refractivity contribution in [2.24, 2.45) is 10.9 Å². The van der Waals surface area contributed by atoms with E-state index in [4.69, 9.17) is 20.3 Å². The van der Waals surface area contributed by atoms with E-state index in [0.29, 0.717) is 11.5 Å². The average molecular weight is 320 g/mol. The normalized spacial score (nSPS) is 12.5. The molecule has 0 aliphatic heterocycles. The Kier molecular flexibility index (Phi) is 6.21. The first-order valence-corrected chi connectivity index (χ1v) is 7.18. The molecule has 1 amide bonds. The SMILES string of the molecule is COc1ccccc1OCC(COC(N)=O)OS(N)(=O)=O. The molecule has 4 N–H and O–H groups in total. The fraction of sp³-hybridized carbons (Fsp3) is 0.364. The highest BCUT2D eigenvalue weighted by Crippen LogP contribution is 2.25. The summed E-state index contributed by atoms with van der Waals surface area (Å²) in [7, 11) is -2.78. The fourth-order valence-corrected chi connectivity index (χ4v) is 1.88. The summed E-state index contributed by atoms with van der Waals surface area (Å²) in [5.41, 5.74) is 4.80. The van der Waals surface area contributed by atoms with Crippen molar-refractivity contribution in [3.63, 3.8) is 0 Å². The Balaban J connectivity index is 2.69. The molecule has 0 bridgehead atoms. The lowest BCUT2D eigenvalue weighted by Crippen LogP contribution is -2.34. The molecule has 0 aliphatic rings. The predicted molar refractivity (Wildman–Crippen MR) is 72.0 cm³/mol. The third kappa shape index (κ3) is 6.79. The van der Waals surface area contributed by atoms with Crippen LogP contribution in [0, 0.1) is 0 Å². The lowest BCUT2D eigenvalue weighted by atomic mass is 10.3. The van der Waals surface area contributed by atoms with Gasteiger partial charge >= 0.3 is 16.4 Å². The molecule has 0 aliphatic carbocycles. The number of benzene rings is 1. The minimum Gasteiger partial charge on any atom is -0.493 e. The quantitative estimate of drug-likeness (QED) is 0.673. The molecule has 0 heterocycles. The predicted octanol–water partition coefficient (Wildman–Crippen LogP) is -0.242. The number of carbonyl (C=O) groups is 1. The molecule has 1 rings (SSSR count). The summed E-state index contributed by atoms with van der Waals surface area (Å²) < 4.78 is 41.3. The lowest BCUT2D eigenvalue weighted by Gasteiger charge is -2.17. The largest absolute Gasteiger partial charge is 0.493 e. The van der Waals surface area contributed by atoms with Crippen molar-refractivity contribution in [2.75, 3.05) is 20.3 Å². The van der Waals surface area contributed by atoms with Gasteiger partial charge in [-0.05, 0) is 12.1 Å². The lowest BCUT2D eigenvalue weighted by molar-refractivity contribution is 0.0602. The van der Waals surface area contributed by atoms with Crippen LogP contribution in [0.3, 0.4) is 0 Å². The smallest absolute Gasteiger partial charge is 0.404 e. The molecule has 0 aromatic heterocycles. The Bertz CT molecular complexity index is 576. The maximum absolute atomic E-state index is 10.9. The number of methoxy groups -OCH3 is 1. The summed E-state index contributed by atoms with van der Waals surface area (Å²) in [6, 6.07) is 6.71. The van der Waals surface area contributed by atoms with Crippen LogP contribution in [0.15, 0.2) is 24.3 Å². The monoisotopic (exact) mass is 320 g/mol. The van der Waals surface area contributed by atoms with Gasteiger partial charge in [-0.2, -0.15) is 8.42 Å². The number of carbonyl (C=O) groups excluding carboxylic acids is 1. The van der Waals surface area contributed by atoms with Gasteiger partial charge in [-0.15, -0.1) is 0 Å². The van der Waals surface area contributed by atoms with Gasteiger partial charge in [-0.25, -0.2) is 14.1 Å². The zero-order valence-electron chi connectivity index (χ0n) is 11.2. The highest BCUT2D eigenvalue weighted by Gasteiger charge is 2.19. The molecular formula is C11H16N2O7S. The molecule has 0 saturated carbocycles. The summed E-state index contributed by atoms with van der Waals surface area (Å²) in [5.74, 6) is 0.810. The molecule has 9 nitrogen and oxygen atoms in total. The molecule has 10 heteroatoms. The molecule has 1 aromatic rings. The van der Waals surface area contributed by atoms with E-state index in [-0.39, 0.29) is 6.61 Å². The van der Waals surface area contributed by atoms with Crippen LogP contribution in [0.5, 0.6) is 11.5 Å². The van der Waals surface area contributed by atoms with Gasteiger partial charge in [0.1, 0.15) is 19.3 Å². The third-order valence-electron chi connectivity index (χ3n) is 2.18. The minimum absolute atomic E-state index is 0.246. The Hall–Kier alpha value is -2.04. The molecule has 21 heavy (non-hydrogen) atoms. The van der Waals surface area contributed by atoms with Crippen molar-refractivity contribution in [3.05, 3.63) is 24.3 Å². The molecule has 0 radical (unpaired) electrons. The summed E-state index contributed by atoms with van der Waals surface area (Å²) >= 11 is 0. The van der Waals surface area contributed by atoms with Crippen molar-refractivity contribution < 1.29 is 31.6 Å². The van der Waals surface area contributed by atoms with Gasteiger partial charge in [-0.1, -0.05) is 12.1 Å². The molecule has 1 unspecified atom stereocenters. The second kappa shape index (κ2) is 7.67. The van der Waals surface area contributed by atoms with Crippen molar-refractivity contribution in [1.29, 1.82) is 0 Å². The fourth-order valence-electron chi connectivity index (χ4n) is 1.39. The van der Waals surface area contributed by atoms with E-state index in [1.54, 1.807) is 24.3 Å². The molecule has 0 spiro atoms. The van der Waals surface area contributed by atoms with Crippen molar-refractivity contribution in [3.8, 4) is 11.5 Å². The van der Waals surface area contributed by atoms with Gasteiger partial charge in [0.05, 0.1) is 7.11 Å². The van der Waals surface area contributed by atoms with E-state index in [1.165, 1.54) is 7.11 Å². The van der Waals surface area contributed by atoms with Crippen LogP contribution < -0.4 is 20.3 Å². The zero-order valence-corrected chi connectivity index (χ0v) is 12.0. The maximum Gasteiger partial charge on any atom is 0.404 e. The number of ether oxygens (including phenoxy) is 3. The number of nitrogens with two attached hydrogens (primary N) is 2. The van der Waals surface area contributed by atoms with E-state index in [0.717, 1.165) is 0 Å². The van der Waals surface area contributed by atoms with E-state index in [2.05, 4.69) is 8.92 Å². The van der Waals surface area contributed by atoms with Crippen LogP contribution in [0.25, 0.3) is 0 Å². The van der Waals surface area contributed by atoms with Crippen molar-refractivity contribution in [2.45, 2.75) is 6.10 Å². The van der Waals surface area contributed by atoms with Gasteiger partial charge < -0.3 is 19.9 Å². The Labute approximate surface area is 122 Å². The van der Waals surface area contributed by atoms with E-state index in [1.807, 2.05) is 0 Å². The molecule has 1 aromatic carbocycles. The molecule has 0 fully saturated rings. The first kappa shape index (κ1) is 17.0. The minimum atomic E-state index is -4.23. The summed E-state index contributed by atoms with van der Waals surface area (Å²) in [6.07, 6.45) is -2.22. The molecule has 0 saturated heterocycles. The number of primary amides is 1. The van der Waals surface area contributed by atoms with E-state index < -0.39 is 29.1 Å². The van der Waals surface area contributed by atoms with Crippen molar-refractivity contribution in [1.82, 2.24) is 0 Å². The number of hydrogen-bond acceptors (Lipinski definition) is 7. The number of para-hydroxylation sites is 2. The van der Waals surface area contributed by atoms with Gasteiger partial charge in [0.25, 0.3) is 0 Å². The molecule has 1 atom stereocenters. The number of amides is 1. The standard InChI is InChI=1S/C11H16N2O7S/c1-17-9-4-2-3-5-10(9)18-6-8(7-19-11(12)14)20-21(13,15)16/h2-5,8H,6-7H2,1H3,(H2,12,14)(H2,13,15,16). The molecular weight excluding hydrogens is 304 g/mol. The summed E-state index contributed by atoms with van der Waals surface area (Å²) in [5, 5.41) is 4.77. The van der Waals surface area contributed by atoms with Crippen LogP contribution >= 0.6 is 0 Å². The van der Waals surface area contributed by atoms with Crippen LogP contribution in [0.4, 0.5) is 4.79 Å². The first-order chi connectivity index (χ1) is 9.81. The van der Waals surface area contributed by atoms with Gasteiger partial charge in [0, 0.05) is 0 Å². The second-order valence-corrected chi connectivity index (χ2v) is 4.98. The highest BCUT2D eigenvalue weighted by atomic mass is 32.2. The first-order valence-electron chi connectivity index (χ1n) is 5.71.